The normalized spacial score (nSPS) is 13.1. The lowest BCUT2D eigenvalue weighted by Crippen LogP contribution is -2.36. The molecule has 0 aliphatic carbocycles. The maximum Gasteiger partial charge on any atom is 0.358 e. The lowest BCUT2D eigenvalue weighted by atomic mass is 10.1. The van der Waals surface area contributed by atoms with Gasteiger partial charge in [-0.15, -0.1) is 6.58 Å². The molecule has 0 spiro atoms. The molecule has 0 aliphatic rings. The Morgan fingerprint density at radius 3 is 2.31 bits per heavy atom. The van der Waals surface area contributed by atoms with Crippen molar-refractivity contribution in [3.8, 4) is 0 Å². The molecule has 2 rings (SSSR count). The van der Waals surface area contributed by atoms with E-state index in [0.717, 1.165) is 11.6 Å². The number of hydrogen-bond donors (Lipinski definition) is 0. The van der Waals surface area contributed by atoms with E-state index in [1.807, 2.05) is 12.1 Å². The van der Waals surface area contributed by atoms with Crippen LogP contribution in [0.25, 0.3) is 0 Å². The van der Waals surface area contributed by atoms with Crippen LogP contribution in [0.15, 0.2) is 78.3 Å². The van der Waals surface area contributed by atoms with Gasteiger partial charge in [-0.1, -0.05) is 66.7 Å². The summed E-state index contributed by atoms with van der Waals surface area (Å²) in [5.74, 6) is -4.57. The third-order valence-corrected chi connectivity index (χ3v) is 3.76. The van der Waals surface area contributed by atoms with Crippen LogP contribution < -0.4 is 0 Å². The van der Waals surface area contributed by atoms with Crippen LogP contribution in [0.4, 0.5) is 8.78 Å². The summed E-state index contributed by atoms with van der Waals surface area (Å²) in [6.45, 7) is 4.89. The van der Waals surface area contributed by atoms with Gasteiger partial charge in [0.25, 0.3) is 5.92 Å². The molecule has 2 aromatic carbocycles. The van der Waals surface area contributed by atoms with Gasteiger partial charge in [-0.3, -0.25) is 4.99 Å². The minimum Gasteiger partial charge on any atom is -0.456 e. The number of benzene rings is 2. The zero-order valence-corrected chi connectivity index (χ0v) is 14.6. The first-order valence-electron chi connectivity index (χ1n) is 8.27. The summed E-state index contributed by atoms with van der Waals surface area (Å²) in [4.78, 5) is 16.3. The number of ether oxygens (including phenoxy) is 1. The van der Waals surface area contributed by atoms with Gasteiger partial charge < -0.3 is 4.74 Å². The van der Waals surface area contributed by atoms with Crippen molar-refractivity contribution in [1.82, 2.24) is 0 Å². The third-order valence-electron chi connectivity index (χ3n) is 3.76. The lowest BCUT2D eigenvalue weighted by Gasteiger charge is -2.18. The van der Waals surface area contributed by atoms with Gasteiger partial charge in [0.1, 0.15) is 6.61 Å². The molecule has 0 saturated carbocycles. The standard InChI is InChI=1S/C21H21F2NO2/c1-3-14-21(22,23)19(24-16(2)18-12-8-5-9-13-18)20(25)26-15-17-10-6-4-7-11-17/h3-13,16H,1,14-15H2,2H3/t16-/m0/s1. The molecule has 0 aromatic heterocycles. The monoisotopic (exact) mass is 357 g/mol. The van der Waals surface area contributed by atoms with E-state index in [4.69, 9.17) is 4.74 Å². The highest BCUT2D eigenvalue weighted by Crippen LogP contribution is 2.26. The number of aliphatic imine (C=N–C) groups is 1. The summed E-state index contributed by atoms with van der Waals surface area (Å²) in [6.07, 6.45) is 0.376. The Morgan fingerprint density at radius 1 is 1.15 bits per heavy atom. The van der Waals surface area contributed by atoms with Crippen molar-refractivity contribution in [3.63, 3.8) is 0 Å². The molecule has 0 saturated heterocycles. The number of hydrogen-bond acceptors (Lipinski definition) is 3. The van der Waals surface area contributed by atoms with Crippen LogP contribution >= 0.6 is 0 Å². The highest BCUT2D eigenvalue weighted by Gasteiger charge is 2.40. The van der Waals surface area contributed by atoms with Crippen LogP contribution in [0.1, 0.15) is 30.5 Å². The zero-order valence-electron chi connectivity index (χ0n) is 14.6. The van der Waals surface area contributed by atoms with E-state index < -0.39 is 30.1 Å². The molecule has 1 atom stereocenters. The molecule has 0 N–H and O–H groups in total. The fourth-order valence-corrected chi connectivity index (χ4v) is 2.37. The maximum absolute atomic E-state index is 14.4. The minimum atomic E-state index is -3.45. The van der Waals surface area contributed by atoms with Crippen molar-refractivity contribution in [3.05, 3.63) is 84.4 Å². The van der Waals surface area contributed by atoms with Gasteiger partial charge in [0, 0.05) is 6.42 Å². The van der Waals surface area contributed by atoms with E-state index in [9.17, 15) is 13.6 Å². The highest BCUT2D eigenvalue weighted by molar-refractivity contribution is 6.39. The van der Waals surface area contributed by atoms with Crippen LogP contribution in [0.2, 0.25) is 0 Å². The molecule has 0 fully saturated rings. The van der Waals surface area contributed by atoms with Crippen LogP contribution in [-0.4, -0.2) is 17.6 Å². The van der Waals surface area contributed by atoms with Crippen LogP contribution in [0.5, 0.6) is 0 Å². The van der Waals surface area contributed by atoms with E-state index in [2.05, 4.69) is 11.6 Å². The molecule has 0 aliphatic heterocycles. The SMILES string of the molecule is C=CCC(F)(F)C(=N[C@@H](C)c1ccccc1)C(=O)OCc1ccccc1. The molecule has 0 radical (unpaired) electrons. The van der Waals surface area contributed by atoms with Crippen molar-refractivity contribution in [2.24, 2.45) is 4.99 Å². The number of carbonyl (C=O) groups excluding carboxylic acids is 1. The smallest absolute Gasteiger partial charge is 0.358 e. The summed E-state index contributed by atoms with van der Waals surface area (Å²) >= 11 is 0. The Kier molecular flexibility index (Phi) is 6.78. The first-order chi connectivity index (χ1) is 12.4. The van der Waals surface area contributed by atoms with E-state index in [1.165, 1.54) is 0 Å². The summed E-state index contributed by atoms with van der Waals surface area (Å²) in [5, 5.41) is 0. The second-order valence-electron chi connectivity index (χ2n) is 5.82. The number of carbonyl (C=O) groups is 1. The number of nitrogens with zero attached hydrogens (tertiary/aromatic N) is 1. The molecule has 0 heterocycles. The topological polar surface area (TPSA) is 38.7 Å². The Hall–Kier alpha value is -2.82. The van der Waals surface area contributed by atoms with Gasteiger partial charge in [-0.05, 0) is 18.1 Å². The third kappa shape index (κ3) is 5.34. The fraction of sp³-hybridized carbons (Fsp3) is 0.238. The first kappa shape index (κ1) is 19.5. The Bertz CT molecular complexity index is 758. The lowest BCUT2D eigenvalue weighted by molar-refractivity contribution is -0.138. The van der Waals surface area contributed by atoms with E-state index >= 15 is 0 Å². The van der Waals surface area contributed by atoms with E-state index in [-0.39, 0.29) is 6.61 Å². The van der Waals surface area contributed by atoms with E-state index in [1.54, 1.807) is 55.5 Å². The molecular formula is C21H21F2NO2. The highest BCUT2D eigenvalue weighted by atomic mass is 19.3. The van der Waals surface area contributed by atoms with Crippen molar-refractivity contribution in [1.29, 1.82) is 0 Å². The second kappa shape index (κ2) is 9.04. The number of halogens is 2. The first-order valence-corrected chi connectivity index (χ1v) is 8.27. The van der Waals surface area contributed by atoms with Gasteiger partial charge in [0.15, 0.2) is 5.71 Å². The molecule has 2 aromatic rings. The second-order valence-corrected chi connectivity index (χ2v) is 5.82. The Morgan fingerprint density at radius 2 is 1.73 bits per heavy atom. The molecule has 26 heavy (non-hydrogen) atoms. The predicted molar refractivity (Wildman–Crippen MR) is 98.3 cm³/mol. The molecule has 0 bridgehead atoms. The van der Waals surface area contributed by atoms with Crippen LogP contribution in [0.3, 0.4) is 0 Å². The number of alkyl halides is 2. The van der Waals surface area contributed by atoms with Gasteiger partial charge in [0.05, 0.1) is 6.04 Å². The minimum absolute atomic E-state index is 0.0947. The summed E-state index contributed by atoms with van der Waals surface area (Å²) in [6, 6.07) is 17.2. The quantitative estimate of drug-likeness (QED) is 0.373. The van der Waals surface area contributed by atoms with Crippen molar-refractivity contribution < 1.29 is 18.3 Å². The molecule has 3 nitrogen and oxygen atoms in total. The molecule has 0 unspecified atom stereocenters. The molecule has 5 heteroatoms. The van der Waals surface area contributed by atoms with Crippen molar-refractivity contribution in [2.45, 2.75) is 31.9 Å². The largest absolute Gasteiger partial charge is 0.456 e. The fourth-order valence-electron chi connectivity index (χ4n) is 2.37. The average Bonchev–Trinajstić information content (AvgIpc) is 2.65. The summed E-state index contributed by atoms with van der Waals surface area (Å²) in [7, 11) is 0. The zero-order chi connectivity index (χ0) is 19.0. The predicted octanol–water partition coefficient (Wildman–Crippen LogP) is 5.14. The van der Waals surface area contributed by atoms with E-state index in [0.29, 0.717) is 5.56 Å². The van der Waals surface area contributed by atoms with Crippen molar-refractivity contribution in [2.75, 3.05) is 0 Å². The average molecular weight is 357 g/mol. The van der Waals surface area contributed by atoms with Gasteiger partial charge in [0.2, 0.25) is 0 Å². The number of esters is 1. The number of allylic oxidation sites excluding steroid dienone is 1. The molecule has 0 amide bonds. The van der Waals surface area contributed by atoms with Crippen LogP contribution in [-0.2, 0) is 16.1 Å². The number of rotatable bonds is 8. The molecule has 136 valence electrons. The molecular weight excluding hydrogens is 336 g/mol. The Labute approximate surface area is 152 Å². The Balaban J connectivity index is 2.24. The van der Waals surface area contributed by atoms with Gasteiger partial charge in [-0.2, -0.15) is 8.78 Å². The van der Waals surface area contributed by atoms with Crippen molar-refractivity contribution >= 4 is 11.7 Å². The summed E-state index contributed by atoms with van der Waals surface area (Å²) in [5.41, 5.74) is 0.559. The maximum atomic E-state index is 14.4. The van der Waals surface area contributed by atoms with Crippen LogP contribution in [0, 0.1) is 0 Å². The summed E-state index contributed by atoms with van der Waals surface area (Å²) < 4.78 is 34.0. The van der Waals surface area contributed by atoms with Gasteiger partial charge in [-0.25, -0.2) is 4.79 Å². The van der Waals surface area contributed by atoms with Gasteiger partial charge >= 0.3 is 5.97 Å².